The third-order valence-corrected chi connectivity index (χ3v) is 3.11. The molecule has 0 aliphatic heterocycles. The molecule has 1 aromatic rings. The summed E-state index contributed by atoms with van der Waals surface area (Å²) >= 11 is 0. The lowest BCUT2D eigenvalue weighted by Crippen LogP contribution is -2.32. The quantitative estimate of drug-likeness (QED) is 0.631. The van der Waals surface area contributed by atoms with Gasteiger partial charge < -0.3 is 10.1 Å². The van der Waals surface area contributed by atoms with E-state index in [1.165, 1.54) is 0 Å². The summed E-state index contributed by atoms with van der Waals surface area (Å²) in [5.41, 5.74) is 1.14. The number of nitrogens with one attached hydrogen (secondary N) is 1. The van der Waals surface area contributed by atoms with Crippen LogP contribution in [0.15, 0.2) is 24.4 Å². The van der Waals surface area contributed by atoms with Crippen LogP contribution in [-0.2, 0) is 11.3 Å². The van der Waals surface area contributed by atoms with E-state index in [0.29, 0.717) is 6.10 Å². The first-order valence-corrected chi connectivity index (χ1v) is 7.67. The normalized spacial score (nSPS) is 11.4. The van der Waals surface area contributed by atoms with Gasteiger partial charge in [-0.3, -0.25) is 9.88 Å². The summed E-state index contributed by atoms with van der Waals surface area (Å²) in [6.45, 7) is 12.3. The fourth-order valence-corrected chi connectivity index (χ4v) is 1.95. The molecule has 1 aromatic heterocycles. The maximum absolute atomic E-state index is 5.51. The Hall–Kier alpha value is -0.970. The second kappa shape index (κ2) is 10.8. The van der Waals surface area contributed by atoms with Crippen LogP contribution in [0.3, 0.4) is 0 Å². The average molecular weight is 279 g/mol. The van der Waals surface area contributed by atoms with E-state index in [-0.39, 0.29) is 0 Å². The second-order valence-electron chi connectivity index (χ2n) is 5.21. The monoisotopic (exact) mass is 279 g/mol. The van der Waals surface area contributed by atoms with Gasteiger partial charge in [0.1, 0.15) is 0 Å². The molecular weight excluding hydrogens is 250 g/mol. The van der Waals surface area contributed by atoms with Crippen LogP contribution in [0.5, 0.6) is 0 Å². The lowest BCUT2D eigenvalue weighted by atomic mass is 10.3. The van der Waals surface area contributed by atoms with Crippen LogP contribution in [0.1, 0.15) is 32.9 Å². The van der Waals surface area contributed by atoms with Gasteiger partial charge in [-0.1, -0.05) is 13.0 Å². The van der Waals surface area contributed by atoms with E-state index in [0.717, 1.165) is 51.4 Å². The number of aromatic nitrogens is 1. The summed E-state index contributed by atoms with van der Waals surface area (Å²) < 4.78 is 5.51. The standard InChI is InChI=1S/C16H29N3O/c1-4-19(14-16-8-5-6-10-18-16)12-11-17-9-7-13-20-15(2)3/h5-6,8,10,15,17H,4,7,9,11-14H2,1-3H3. The Morgan fingerprint density at radius 2 is 2.15 bits per heavy atom. The SMILES string of the molecule is CCN(CCNCCCOC(C)C)Cc1ccccn1. The Balaban J connectivity index is 2.07. The predicted octanol–water partition coefficient (Wildman–Crippen LogP) is 2.31. The molecule has 114 valence electrons. The Morgan fingerprint density at radius 3 is 2.80 bits per heavy atom. The zero-order valence-electron chi connectivity index (χ0n) is 13.1. The molecule has 0 spiro atoms. The van der Waals surface area contributed by atoms with Gasteiger partial charge in [0.05, 0.1) is 11.8 Å². The minimum atomic E-state index is 0.337. The van der Waals surface area contributed by atoms with Gasteiger partial charge in [-0.15, -0.1) is 0 Å². The first-order valence-electron chi connectivity index (χ1n) is 7.67. The summed E-state index contributed by atoms with van der Waals surface area (Å²) in [7, 11) is 0. The van der Waals surface area contributed by atoms with Gasteiger partial charge in [0.25, 0.3) is 0 Å². The predicted molar refractivity (Wildman–Crippen MR) is 83.8 cm³/mol. The van der Waals surface area contributed by atoms with Crippen LogP contribution in [0, 0.1) is 0 Å². The number of nitrogens with zero attached hydrogens (tertiary/aromatic N) is 2. The number of rotatable bonds is 11. The third-order valence-electron chi connectivity index (χ3n) is 3.11. The molecule has 4 nitrogen and oxygen atoms in total. The lowest BCUT2D eigenvalue weighted by molar-refractivity contribution is 0.0770. The number of likely N-dealkylation sites (N-methyl/N-ethyl adjacent to an activating group) is 1. The molecule has 1 N–H and O–H groups in total. The zero-order chi connectivity index (χ0) is 14.6. The van der Waals surface area contributed by atoms with Crippen molar-refractivity contribution in [3.63, 3.8) is 0 Å². The van der Waals surface area contributed by atoms with Gasteiger partial charge in [-0.25, -0.2) is 0 Å². The maximum Gasteiger partial charge on any atom is 0.0543 e. The fraction of sp³-hybridized carbons (Fsp3) is 0.688. The van der Waals surface area contributed by atoms with E-state index < -0.39 is 0 Å². The van der Waals surface area contributed by atoms with Gasteiger partial charge in [-0.05, 0) is 45.5 Å². The molecule has 4 heteroatoms. The van der Waals surface area contributed by atoms with Gasteiger partial charge in [0, 0.05) is 32.4 Å². The van der Waals surface area contributed by atoms with E-state index in [2.05, 4.69) is 42.0 Å². The summed E-state index contributed by atoms with van der Waals surface area (Å²) in [5.74, 6) is 0. The van der Waals surface area contributed by atoms with Crippen LogP contribution < -0.4 is 5.32 Å². The van der Waals surface area contributed by atoms with Crippen molar-refractivity contribution in [1.82, 2.24) is 15.2 Å². The van der Waals surface area contributed by atoms with Crippen molar-refractivity contribution in [3.8, 4) is 0 Å². The van der Waals surface area contributed by atoms with E-state index >= 15 is 0 Å². The van der Waals surface area contributed by atoms with Crippen LogP contribution in [-0.4, -0.2) is 48.8 Å². The van der Waals surface area contributed by atoms with Gasteiger partial charge in [-0.2, -0.15) is 0 Å². The van der Waals surface area contributed by atoms with Crippen LogP contribution in [0.25, 0.3) is 0 Å². The van der Waals surface area contributed by atoms with Crippen molar-refractivity contribution < 1.29 is 4.74 Å². The number of ether oxygens (including phenoxy) is 1. The van der Waals surface area contributed by atoms with Crippen molar-refractivity contribution in [1.29, 1.82) is 0 Å². The first-order chi connectivity index (χ1) is 9.72. The molecule has 0 aliphatic carbocycles. The van der Waals surface area contributed by atoms with Crippen molar-refractivity contribution >= 4 is 0 Å². The smallest absolute Gasteiger partial charge is 0.0543 e. The first kappa shape index (κ1) is 17.1. The molecule has 1 heterocycles. The molecule has 0 aromatic carbocycles. The molecule has 0 bridgehead atoms. The van der Waals surface area contributed by atoms with Crippen molar-refractivity contribution in [2.24, 2.45) is 0 Å². The molecule has 0 fully saturated rings. The minimum absolute atomic E-state index is 0.337. The molecule has 0 saturated carbocycles. The summed E-state index contributed by atoms with van der Waals surface area (Å²) in [6, 6.07) is 6.09. The highest BCUT2D eigenvalue weighted by atomic mass is 16.5. The Labute approximate surface area is 123 Å². The summed E-state index contributed by atoms with van der Waals surface area (Å²) in [6.07, 6.45) is 3.27. The number of hydrogen-bond donors (Lipinski definition) is 1. The third kappa shape index (κ3) is 8.25. The highest BCUT2D eigenvalue weighted by Crippen LogP contribution is 1.99. The molecule has 20 heavy (non-hydrogen) atoms. The molecule has 0 saturated heterocycles. The van der Waals surface area contributed by atoms with Gasteiger partial charge in [0.2, 0.25) is 0 Å². The van der Waals surface area contributed by atoms with Gasteiger partial charge in [0.15, 0.2) is 0 Å². The van der Waals surface area contributed by atoms with E-state index in [1.54, 1.807) is 0 Å². The highest BCUT2D eigenvalue weighted by Gasteiger charge is 2.03. The van der Waals surface area contributed by atoms with E-state index in [4.69, 9.17) is 4.74 Å². The number of pyridine rings is 1. The van der Waals surface area contributed by atoms with E-state index in [9.17, 15) is 0 Å². The Bertz CT molecular complexity index is 330. The van der Waals surface area contributed by atoms with Crippen LogP contribution >= 0.6 is 0 Å². The molecule has 1 rings (SSSR count). The van der Waals surface area contributed by atoms with E-state index in [1.807, 2.05) is 18.3 Å². The largest absolute Gasteiger partial charge is 0.379 e. The molecule has 0 aliphatic rings. The van der Waals surface area contributed by atoms with Crippen LogP contribution in [0.2, 0.25) is 0 Å². The number of hydrogen-bond acceptors (Lipinski definition) is 4. The lowest BCUT2D eigenvalue weighted by Gasteiger charge is -2.20. The van der Waals surface area contributed by atoms with Crippen molar-refractivity contribution in [2.75, 3.05) is 32.8 Å². The Kier molecular flexibility index (Phi) is 9.20. The van der Waals surface area contributed by atoms with Crippen molar-refractivity contribution in [3.05, 3.63) is 30.1 Å². The average Bonchev–Trinajstić information content (AvgIpc) is 2.45. The fourth-order valence-electron chi connectivity index (χ4n) is 1.95. The Morgan fingerprint density at radius 1 is 1.30 bits per heavy atom. The van der Waals surface area contributed by atoms with Gasteiger partial charge >= 0.3 is 0 Å². The second-order valence-corrected chi connectivity index (χ2v) is 5.21. The highest BCUT2D eigenvalue weighted by molar-refractivity contribution is 5.03. The topological polar surface area (TPSA) is 37.4 Å². The molecule has 0 radical (unpaired) electrons. The van der Waals surface area contributed by atoms with Crippen LogP contribution in [0.4, 0.5) is 0 Å². The maximum atomic E-state index is 5.51. The molecular formula is C16H29N3O. The molecule has 0 unspecified atom stereocenters. The summed E-state index contributed by atoms with van der Waals surface area (Å²) in [4.78, 5) is 6.78. The summed E-state index contributed by atoms with van der Waals surface area (Å²) in [5, 5.41) is 3.47. The minimum Gasteiger partial charge on any atom is -0.379 e. The molecule has 0 atom stereocenters. The zero-order valence-corrected chi connectivity index (χ0v) is 13.1. The molecule has 0 amide bonds. The van der Waals surface area contributed by atoms with Crippen molar-refractivity contribution in [2.45, 2.75) is 39.8 Å².